The maximum absolute atomic E-state index is 12.5. The molecule has 2 aromatic rings. The van der Waals surface area contributed by atoms with Crippen molar-refractivity contribution in [3.63, 3.8) is 0 Å². The zero-order valence-corrected chi connectivity index (χ0v) is 13.9. The molecule has 0 radical (unpaired) electrons. The van der Waals surface area contributed by atoms with E-state index in [1.165, 1.54) is 14.2 Å². The van der Waals surface area contributed by atoms with E-state index in [9.17, 15) is 13.6 Å². The number of esters is 1. The Kier molecular flexibility index (Phi) is 6.43. The van der Waals surface area contributed by atoms with Crippen molar-refractivity contribution in [1.29, 1.82) is 0 Å². The minimum Gasteiger partial charge on any atom is -0.496 e. The molecule has 0 aromatic heterocycles. The lowest BCUT2D eigenvalue weighted by Crippen LogP contribution is -2.02. The summed E-state index contributed by atoms with van der Waals surface area (Å²) in [6, 6.07) is 11.5. The average molecular weight is 354 g/mol. The lowest BCUT2D eigenvalue weighted by atomic mass is 10.2. The highest BCUT2D eigenvalue weighted by atomic mass is 32.2. The molecular formula is C17H16F2O4S. The van der Waals surface area contributed by atoms with Gasteiger partial charge in [-0.3, -0.25) is 0 Å². The van der Waals surface area contributed by atoms with Crippen LogP contribution >= 0.6 is 11.8 Å². The Morgan fingerprint density at radius 1 is 1.17 bits per heavy atom. The van der Waals surface area contributed by atoms with Crippen molar-refractivity contribution in [2.75, 3.05) is 14.2 Å². The Bertz CT molecular complexity index is 707. The highest BCUT2D eigenvalue weighted by Gasteiger charge is 2.12. The Morgan fingerprint density at radius 3 is 2.62 bits per heavy atom. The summed E-state index contributed by atoms with van der Waals surface area (Å²) in [5.74, 6) is -2.09. The van der Waals surface area contributed by atoms with E-state index in [0.717, 1.165) is 5.56 Å². The van der Waals surface area contributed by atoms with Crippen LogP contribution in [0.1, 0.15) is 15.9 Å². The summed E-state index contributed by atoms with van der Waals surface area (Å²) in [4.78, 5) is 11.9. The molecule has 128 valence electrons. The van der Waals surface area contributed by atoms with Crippen LogP contribution in [0.15, 0.2) is 47.4 Å². The molecule has 2 rings (SSSR count). The van der Waals surface area contributed by atoms with E-state index < -0.39 is 11.7 Å². The molecule has 0 saturated heterocycles. The molecule has 0 aliphatic carbocycles. The first kappa shape index (κ1) is 18.1. The van der Waals surface area contributed by atoms with Crippen LogP contribution in [0.4, 0.5) is 8.78 Å². The molecule has 0 N–H and O–H groups in total. The van der Waals surface area contributed by atoms with Gasteiger partial charge in [-0.1, -0.05) is 23.9 Å². The van der Waals surface area contributed by atoms with E-state index in [0.29, 0.717) is 33.7 Å². The molecule has 0 amide bonds. The maximum Gasteiger partial charge on any atom is 0.337 e. The second-order valence-electron chi connectivity index (χ2n) is 4.67. The van der Waals surface area contributed by atoms with Crippen LogP contribution in [0.2, 0.25) is 0 Å². The fourth-order valence-corrected chi connectivity index (χ4v) is 2.59. The Morgan fingerprint density at radius 2 is 1.96 bits per heavy atom. The lowest BCUT2D eigenvalue weighted by molar-refractivity contribution is 0.0600. The number of benzene rings is 2. The van der Waals surface area contributed by atoms with Gasteiger partial charge >= 0.3 is 5.97 Å². The molecule has 0 aliphatic heterocycles. The van der Waals surface area contributed by atoms with Crippen molar-refractivity contribution in [1.82, 2.24) is 0 Å². The molecule has 0 spiro atoms. The van der Waals surface area contributed by atoms with Crippen molar-refractivity contribution < 1.29 is 27.8 Å². The summed E-state index contributed by atoms with van der Waals surface area (Å²) in [5.41, 5.74) is 1.14. The number of hydrogen-bond acceptors (Lipinski definition) is 5. The van der Waals surface area contributed by atoms with E-state index in [1.807, 2.05) is 0 Å². The minimum absolute atomic E-state index is 0.209. The molecule has 2 aromatic carbocycles. The zero-order valence-electron chi connectivity index (χ0n) is 13.1. The fraction of sp³-hybridized carbons (Fsp3) is 0.235. The van der Waals surface area contributed by atoms with E-state index in [-0.39, 0.29) is 6.61 Å². The van der Waals surface area contributed by atoms with Gasteiger partial charge in [0.05, 0.1) is 24.7 Å². The van der Waals surface area contributed by atoms with Gasteiger partial charge in [-0.2, -0.15) is 8.78 Å². The number of alkyl halides is 2. The Balaban J connectivity index is 2.08. The number of methoxy groups -OCH3 is 2. The highest BCUT2D eigenvalue weighted by molar-refractivity contribution is 7.99. The summed E-state index contributed by atoms with van der Waals surface area (Å²) in [5, 5.41) is 0. The maximum atomic E-state index is 12.5. The van der Waals surface area contributed by atoms with Crippen molar-refractivity contribution in [3.05, 3.63) is 53.6 Å². The molecule has 7 heteroatoms. The van der Waals surface area contributed by atoms with Crippen LogP contribution in [0.5, 0.6) is 11.5 Å². The van der Waals surface area contributed by atoms with Crippen molar-refractivity contribution in [2.24, 2.45) is 0 Å². The number of thioether (sulfide) groups is 1. The largest absolute Gasteiger partial charge is 0.496 e. The van der Waals surface area contributed by atoms with E-state index in [2.05, 4.69) is 4.74 Å². The first-order valence-electron chi connectivity index (χ1n) is 6.96. The summed E-state index contributed by atoms with van der Waals surface area (Å²) in [6.07, 6.45) is 0. The fourth-order valence-electron chi connectivity index (χ4n) is 1.99. The normalized spacial score (nSPS) is 10.5. The number of halogens is 2. The van der Waals surface area contributed by atoms with E-state index >= 15 is 0 Å². The minimum atomic E-state index is -2.51. The van der Waals surface area contributed by atoms with Gasteiger partial charge in [0.2, 0.25) is 0 Å². The molecular weight excluding hydrogens is 338 g/mol. The predicted molar refractivity (Wildman–Crippen MR) is 87.0 cm³/mol. The van der Waals surface area contributed by atoms with Crippen molar-refractivity contribution in [3.8, 4) is 11.5 Å². The second kappa shape index (κ2) is 8.54. The quantitative estimate of drug-likeness (QED) is 0.545. The van der Waals surface area contributed by atoms with E-state index in [1.54, 1.807) is 42.5 Å². The molecule has 0 heterocycles. The van der Waals surface area contributed by atoms with Crippen LogP contribution in [-0.4, -0.2) is 25.9 Å². The van der Waals surface area contributed by atoms with Crippen LogP contribution in [0.25, 0.3) is 0 Å². The van der Waals surface area contributed by atoms with Gasteiger partial charge in [0.25, 0.3) is 5.76 Å². The smallest absolute Gasteiger partial charge is 0.337 e. The first-order chi connectivity index (χ1) is 11.5. The van der Waals surface area contributed by atoms with Crippen LogP contribution < -0.4 is 9.47 Å². The number of rotatable bonds is 7. The molecule has 0 fully saturated rings. The molecule has 4 nitrogen and oxygen atoms in total. The lowest BCUT2D eigenvalue weighted by Gasteiger charge is -2.11. The van der Waals surface area contributed by atoms with Gasteiger partial charge in [0, 0.05) is 0 Å². The van der Waals surface area contributed by atoms with Crippen molar-refractivity contribution >= 4 is 17.7 Å². The molecule has 0 unspecified atom stereocenters. The van der Waals surface area contributed by atoms with Gasteiger partial charge in [0.15, 0.2) is 0 Å². The van der Waals surface area contributed by atoms with Crippen molar-refractivity contribution in [2.45, 2.75) is 17.3 Å². The van der Waals surface area contributed by atoms with Crippen LogP contribution in [0, 0.1) is 0 Å². The molecule has 0 atom stereocenters. The van der Waals surface area contributed by atoms with Crippen LogP contribution in [-0.2, 0) is 11.3 Å². The van der Waals surface area contributed by atoms with Gasteiger partial charge in [-0.15, -0.1) is 0 Å². The standard InChI is InChI=1S/C17H16F2O4S/c1-21-14-8-11(6-7-15(14)24-17(18)19)10-23-13-5-3-4-12(9-13)16(20)22-2/h3-9,17H,10H2,1-2H3. The molecule has 0 bridgehead atoms. The predicted octanol–water partition coefficient (Wildman–Crippen LogP) is 4.38. The number of ether oxygens (including phenoxy) is 3. The van der Waals surface area contributed by atoms with Gasteiger partial charge < -0.3 is 14.2 Å². The average Bonchev–Trinajstić information content (AvgIpc) is 2.59. The monoisotopic (exact) mass is 354 g/mol. The zero-order chi connectivity index (χ0) is 17.5. The summed E-state index contributed by atoms with van der Waals surface area (Å²) < 4.78 is 40.4. The highest BCUT2D eigenvalue weighted by Crippen LogP contribution is 2.34. The molecule has 0 aliphatic rings. The second-order valence-corrected chi connectivity index (χ2v) is 5.70. The first-order valence-corrected chi connectivity index (χ1v) is 7.84. The topological polar surface area (TPSA) is 44.8 Å². The van der Waals surface area contributed by atoms with Crippen LogP contribution in [0.3, 0.4) is 0 Å². The summed E-state index contributed by atoms with van der Waals surface area (Å²) in [7, 11) is 2.73. The molecule has 0 saturated carbocycles. The summed E-state index contributed by atoms with van der Waals surface area (Å²) in [6.45, 7) is 0.209. The Hall–Kier alpha value is -2.28. The SMILES string of the molecule is COC(=O)c1cccc(OCc2ccc(SC(F)F)c(OC)c2)c1. The summed E-state index contributed by atoms with van der Waals surface area (Å²) >= 11 is 0.430. The number of carbonyl (C=O) groups excluding carboxylic acids is 1. The third-order valence-corrected chi connectivity index (χ3v) is 3.87. The third kappa shape index (κ3) is 4.86. The van der Waals surface area contributed by atoms with Gasteiger partial charge in [-0.05, 0) is 35.9 Å². The Labute approximate surface area is 142 Å². The third-order valence-electron chi connectivity index (χ3n) is 3.10. The number of hydrogen-bond donors (Lipinski definition) is 0. The van der Waals surface area contributed by atoms with Gasteiger partial charge in [0.1, 0.15) is 18.1 Å². The van der Waals surface area contributed by atoms with E-state index in [4.69, 9.17) is 9.47 Å². The van der Waals surface area contributed by atoms with Gasteiger partial charge in [-0.25, -0.2) is 4.79 Å². The molecule has 24 heavy (non-hydrogen) atoms. The number of carbonyl (C=O) groups is 1.